The molecule has 0 atom stereocenters. The van der Waals surface area contributed by atoms with Crippen LogP contribution in [0, 0.1) is 0 Å². The Bertz CT molecular complexity index is 707. The van der Waals surface area contributed by atoms with E-state index >= 15 is 0 Å². The predicted molar refractivity (Wildman–Crippen MR) is 70.1 cm³/mol. The highest BCUT2D eigenvalue weighted by Gasteiger charge is 2.48. The van der Waals surface area contributed by atoms with Crippen LogP contribution in [-0.2, 0) is 10.2 Å². The highest BCUT2D eigenvalue weighted by atomic mass is 32.1. The van der Waals surface area contributed by atoms with Crippen LogP contribution in [0.15, 0.2) is 21.3 Å². The number of hydrogen-bond acceptors (Lipinski definition) is 5. The monoisotopic (exact) mass is 280 g/mol. The van der Waals surface area contributed by atoms with Crippen molar-refractivity contribution in [1.82, 2.24) is 0 Å². The molecule has 2 aromatic rings. The smallest absolute Gasteiger partial charge is 0.396 e. The van der Waals surface area contributed by atoms with Gasteiger partial charge in [0, 0.05) is 17.0 Å². The maximum Gasteiger partial charge on any atom is 0.396 e. The van der Waals surface area contributed by atoms with Gasteiger partial charge in [0.15, 0.2) is 0 Å². The highest BCUT2D eigenvalue weighted by Crippen LogP contribution is 2.54. The van der Waals surface area contributed by atoms with Crippen LogP contribution in [0.1, 0.15) is 24.8 Å². The van der Waals surface area contributed by atoms with Crippen molar-refractivity contribution >= 4 is 27.6 Å². The normalized spacial score (nSPS) is 16.5. The minimum absolute atomic E-state index is 0.0727. The van der Waals surface area contributed by atoms with Crippen molar-refractivity contribution in [1.29, 1.82) is 0 Å². The van der Waals surface area contributed by atoms with E-state index in [2.05, 4.69) is 0 Å². The molecule has 1 N–H and O–H groups in total. The van der Waals surface area contributed by atoms with Gasteiger partial charge in [-0.1, -0.05) is 11.3 Å². The second kappa shape index (κ2) is 4.09. The second-order valence-electron chi connectivity index (χ2n) is 4.80. The Balaban J connectivity index is 2.16. The van der Waals surface area contributed by atoms with Crippen LogP contribution >= 0.6 is 11.3 Å². The summed E-state index contributed by atoms with van der Waals surface area (Å²) in [7, 11) is 1.55. The van der Waals surface area contributed by atoms with Gasteiger partial charge in [0.2, 0.25) is 0 Å². The van der Waals surface area contributed by atoms with Crippen molar-refractivity contribution in [3.05, 3.63) is 27.4 Å². The van der Waals surface area contributed by atoms with E-state index in [4.69, 9.17) is 14.3 Å². The number of methoxy groups -OCH3 is 1. The Morgan fingerprint density at radius 1 is 1.53 bits per heavy atom. The lowest BCUT2D eigenvalue weighted by Gasteiger charge is -2.16. The molecule has 1 fully saturated rings. The molecule has 19 heavy (non-hydrogen) atoms. The number of aliphatic carboxylic acids is 1. The van der Waals surface area contributed by atoms with Crippen LogP contribution in [0.5, 0.6) is 5.75 Å². The zero-order chi connectivity index (χ0) is 13.6. The summed E-state index contributed by atoms with van der Waals surface area (Å²) in [6.45, 7) is 0. The van der Waals surface area contributed by atoms with E-state index in [-0.39, 0.29) is 16.8 Å². The van der Waals surface area contributed by atoms with Crippen LogP contribution in [0.4, 0.5) is 0 Å². The van der Waals surface area contributed by atoms with Gasteiger partial charge in [-0.05, 0) is 18.9 Å². The molecule has 1 aliphatic rings. The van der Waals surface area contributed by atoms with Crippen molar-refractivity contribution in [2.24, 2.45) is 0 Å². The molecule has 0 unspecified atom stereocenters. The third-order valence-corrected chi connectivity index (χ3v) is 4.36. The van der Waals surface area contributed by atoms with Gasteiger partial charge in [-0.25, -0.2) is 4.79 Å². The van der Waals surface area contributed by atoms with Crippen LogP contribution in [0.3, 0.4) is 0 Å². The van der Waals surface area contributed by atoms with E-state index in [1.807, 2.05) is 0 Å². The Kier molecular flexibility index (Phi) is 2.63. The molecule has 100 valence electrons. The summed E-state index contributed by atoms with van der Waals surface area (Å²) in [6.07, 6.45) is 1.70. The molecule has 0 saturated heterocycles. The van der Waals surface area contributed by atoms with Gasteiger partial charge in [-0.15, -0.1) is 0 Å². The molecule has 1 aromatic heterocycles. The maximum atomic E-state index is 11.3. The first-order chi connectivity index (χ1) is 9.04. The van der Waals surface area contributed by atoms with E-state index in [1.54, 1.807) is 19.2 Å². The summed E-state index contributed by atoms with van der Waals surface area (Å²) in [5.41, 5.74) is 0.959. The van der Waals surface area contributed by atoms with Gasteiger partial charge >= 0.3 is 10.9 Å². The summed E-state index contributed by atoms with van der Waals surface area (Å²) in [5, 5.41) is 9.02. The number of carbonyl (C=O) groups is 1. The molecule has 1 aliphatic carbocycles. The third kappa shape index (κ3) is 2.02. The molecule has 0 spiro atoms. The molecular formula is C13H12O5S. The summed E-state index contributed by atoms with van der Waals surface area (Å²) in [6, 6.07) is 3.50. The molecule has 0 bridgehead atoms. The fourth-order valence-corrected chi connectivity index (χ4v) is 3.14. The third-order valence-electron chi connectivity index (χ3n) is 3.57. The molecule has 1 heterocycles. The van der Waals surface area contributed by atoms with E-state index in [9.17, 15) is 9.59 Å². The van der Waals surface area contributed by atoms with Gasteiger partial charge in [-0.3, -0.25) is 4.79 Å². The largest absolute Gasteiger partial charge is 0.496 e. The SMILES string of the molecule is COc1cc2sc(=O)oc2cc1C1(CC(=O)O)CC1. The number of fused-ring (bicyclic) bond motifs is 1. The lowest BCUT2D eigenvalue weighted by atomic mass is 9.91. The summed E-state index contributed by atoms with van der Waals surface area (Å²) < 4.78 is 11.2. The lowest BCUT2D eigenvalue weighted by Crippen LogP contribution is -2.14. The van der Waals surface area contributed by atoms with Gasteiger partial charge in [0.25, 0.3) is 0 Å². The molecule has 3 rings (SSSR count). The summed E-state index contributed by atoms with van der Waals surface area (Å²) in [5.74, 6) is -0.199. The maximum absolute atomic E-state index is 11.3. The molecule has 0 aliphatic heterocycles. The van der Waals surface area contributed by atoms with E-state index < -0.39 is 5.97 Å². The zero-order valence-corrected chi connectivity index (χ0v) is 11.1. The van der Waals surface area contributed by atoms with Gasteiger partial charge < -0.3 is 14.3 Å². The average Bonchev–Trinajstić information content (AvgIpc) is 3.01. The van der Waals surface area contributed by atoms with Gasteiger partial charge in [-0.2, -0.15) is 0 Å². The number of carboxylic acid groups (broad SMARTS) is 1. The quantitative estimate of drug-likeness (QED) is 0.930. The first-order valence-electron chi connectivity index (χ1n) is 5.88. The van der Waals surface area contributed by atoms with Crippen molar-refractivity contribution in [3.8, 4) is 5.75 Å². The van der Waals surface area contributed by atoms with E-state index in [0.717, 1.165) is 34.4 Å². The first-order valence-corrected chi connectivity index (χ1v) is 6.70. The molecule has 0 radical (unpaired) electrons. The fraction of sp³-hybridized carbons (Fsp3) is 0.385. The Labute approximate surface area is 112 Å². The van der Waals surface area contributed by atoms with Crippen molar-refractivity contribution in [2.45, 2.75) is 24.7 Å². The number of ether oxygens (including phenoxy) is 1. The minimum atomic E-state index is -0.827. The Morgan fingerprint density at radius 2 is 2.26 bits per heavy atom. The van der Waals surface area contributed by atoms with Crippen LogP contribution < -0.4 is 9.68 Å². The zero-order valence-electron chi connectivity index (χ0n) is 10.3. The summed E-state index contributed by atoms with van der Waals surface area (Å²) in [4.78, 5) is 21.9. The van der Waals surface area contributed by atoms with Crippen molar-refractivity contribution < 1.29 is 19.1 Å². The van der Waals surface area contributed by atoms with Crippen molar-refractivity contribution in [2.75, 3.05) is 7.11 Å². The van der Waals surface area contributed by atoms with Crippen molar-refractivity contribution in [3.63, 3.8) is 0 Å². The van der Waals surface area contributed by atoms with Crippen LogP contribution in [0.2, 0.25) is 0 Å². The minimum Gasteiger partial charge on any atom is -0.496 e. The number of carboxylic acids is 1. The molecular weight excluding hydrogens is 268 g/mol. The lowest BCUT2D eigenvalue weighted by molar-refractivity contribution is -0.137. The van der Waals surface area contributed by atoms with Gasteiger partial charge in [0.05, 0.1) is 18.2 Å². The highest BCUT2D eigenvalue weighted by molar-refractivity contribution is 7.16. The topological polar surface area (TPSA) is 76.7 Å². The predicted octanol–water partition coefficient (Wildman–Crippen LogP) is 2.37. The first kappa shape index (κ1) is 12.2. The Morgan fingerprint density at radius 3 is 2.84 bits per heavy atom. The number of rotatable bonds is 4. The second-order valence-corrected chi connectivity index (χ2v) is 5.78. The molecule has 6 heteroatoms. The fourth-order valence-electron chi connectivity index (χ4n) is 2.47. The average molecular weight is 280 g/mol. The van der Waals surface area contributed by atoms with E-state index in [1.165, 1.54) is 0 Å². The standard InChI is InChI=1S/C13H12O5S/c1-17-8-5-10-9(18-12(16)19-10)4-7(8)13(2-3-13)6-11(14)15/h4-5H,2-3,6H2,1H3,(H,14,15). The molecule has 1 aromatic carbocycles. The van der Waals surface area contributed by atoms with E-state index in [0.29, 0.717) is 11.3 Å². The summed E-state index contributed by atoms with van der Waals surface area (Å²) >= 11 is 1.02. The molecule has 1 saturated carbocycles. The van der Waals surface area contributed by atoms with Gasteiger partial charge in [0.1, 0.15) is 11.3 Å². The molecule has 5 nitrogen and oxygen atoms in total. The molecule has 0 amide bonds. The number of hydrogen-bond donors (Lipinski definition) is 1. The van der Waals surface area contributed by atoms with Crippen LogP contribution in [0.25, 0.3) is 10.3 Å². The van der Waals surface area contributed by atoms with Crippen LogP contribution in [-0.4, -0.2) is 18.2 Å². The Hall–Kier alpha value is -1.82. The number of benzene rings is 1.